The van der Waals surface area contributed by atoms with E-state index in [1.54, 1.807) is 0 Å². The average Bonchev–Trinajstić information content (AvgIpc) is 2.47. The molecule has 0 heterocycles. The minimum atomic E-state index is -0.207. The normalized spacial score (nSPS) is 12.4. The van der Waals surface area contributed by atoms with Gasteiger partial charge in [-0.15, -0.1) is 11.8 Å². The quantitative estimate of drug-likeness (QED) is 0.734. The van der Waals surface area contributed by atoms with Crippen LogP contribution in [0.4, 0.5) is 4.39 Å². The highest BCUT2D eigenvalue weighted by molar-refractivity contribution is 9.10. The standard InChI is InChI=1S/C17H19BrFNS/c1-12-5-3-4-6-17(12)21-11-15(20-2)9-13-7-8-14(19)10-16(13)18/h3-8,10,15,20H,9,11H2,1-2H3. The van der Waals surface area contributed by atoms with Crippen LogP contribution < -0.4 is 5.32 Å². The zero-order valence-electron chi connectivity index (χ0n) is 12.2. The van der Waals surface area contributed by atoms with Crippen molar-refractivity contribution in [3.8, 4) is 0 Å². The fourth-order valence-electron chi connectivity index (χ4n) is 2.11. The van der Waals surface area contributed by atoms with Crippen LogP contribution in [-0.4, -0.2) is 18.8 Å². The lowest BCUT2D eigenvalue weighted by atomic mass is 10.1. The SMILES string of the molecule is CNC(CSc1ccccc1C)Cc1ccc(F)cc1Br. The smallest absolute Gasteiger partial charge is 0.124 e. The molecule has 2 aromatic carbocycles. The second-order valence-electron chi connectivity index (χ2n) is 5.00. The summed E-state index contributed by atoms with van der Waals surface area (Å²) in [6, 6.07) is 13.6. The minimum absolute atomic E-state index is 0.207. The first kappa shape index (κ1) is 16.5. The van der Waals surface area contributed by atoms with Crippen LogP contribution in [0.5, 0.6) is 0 Å². The van der Waals surface area contributed by atoms with Gasteiger partial charge in [-0.2, -0.15) is 0 Å². The fourth-order valence-corrected chi connectivity index (χ4v) is 3.75. The largest absolute Gasteiger partial charge is 0.316 e. The van der Waals surface area contributed by atoms with Gasteiger partial charge in [0.15, 0.2) is 0 Å². The Kier molecular flexibility index (Phi) is 6.27. The van der Waals surface area contributed by atoms with Crippen LogP contribution in [0.2, 0.25) is 0 Å². The van der Waals surface area contributed by atoms with Crippen LogP contribution in [0.3, 0.4) is 0 Å². The van der Waals surface area contributed by atoms with Gasteiger partial charge in [0, 0.05) is 21.2 Å². The van der Waals surface area contributed by atoms with Gasteiger partial charge in [0.2, 0.25) is 0 Å². The van der Waals surface area contributed by atoms with Crippen molar-refractivity contribution < 1.29 is 4.39 Å². The maximum atomic E-state index is 13.1. The molecule has 112 valence electrons. The molecule has 0 aromatic heterocycles. The van der Waals surface area contributed by atoms with Gasteiger partial charge in [-0.3, -0.25) is 0 Å². The van der Waals surface area contributed by atoms with E-state index in [9.17, 15) is 4.39 Å². The molecule has 0 fully saturated rings. The molecule has 4 heteroatoms. The Morgan fingerprint density at radius 3 is 2.67 bits per heavy atom. The maximum Gasteiger partial charge on any atom is 0.124 e. The molecule has 1 nitrogen and oxygen atoms in total. The van der Waals surface area contributed by atoms with E-state index < -0.39 is 0 Å². The van der Waals surface area contributed by atoms with Crippen LogP contribution in [-0.2, 0) is 6.42 Å². The van der Waals surface area contributed by atoms with Crippen molar-refractivity contribution >= 4 is 27.7 Å². The highest BCUT2D eigenvalue weighted by Crippen LogP contribution is 2.25. The molecule has 0 saturated carbocycles. The summed E-state index contributed by atoms with van der Waals surface area (Å²) in [6.07, 6.45) is 0.871. The van der Waals surface area contributed by atoms with E-state index in [1.165, 1.54) is 22.6 Å². The van der Waals surface area contributed by atoms with Crippen molar-refractivity contribution in [1.82, 2.24) is 5.32 Å². The van der Waals surface area contributed by atoms with Gasteiger partial charge in [-0.25, -0.2) is 4.39 Å². The predicted molar refractivity (Wildman–Crippen MR) is 92.6 cm³/mol. The first-order valence-corrected chi connectivity index (χ1v) is 8.67. The highest BCUT2D eigenvalue weighted by atomic mass is 79.9. The minimum Gasteiger partial charge on any atom is -0.316 e. The summed E-state index contributed by atoms with van der Waals surface area (Å²) in [5.74, 6) is 0.770. The lowest BCUT2D eigenvalue weighted by Crippen LogP contribution is -2.30. The van der Waals surface area contributed by atoms with E-state index >= 15 is 0 Å². The van der Waals surface area contributed by atoms with E-state index in [4.69, 9.17) is 0 Å². The van der Waals surface area contributed by atoms with Crippen LogP contribution in [0.25, 0.3) is 0 Å². The van der Waals surface area contributed by atoms with Gasteiger partial charge < -0.3 is 5.32 Å². The summed E-state index contributed by atoms with van der Waals surface area (Å²) >= 11 is 5.29. The Bertz CT molecular complexity index is 603. The van der Waals surface area contributed by atoms with E-state index in [0.717, 1.165) is 22.2 Å². The van der Waals surface area contributed by atoms with E-state index in [2.05, 4.69) is 52.4 Å². The lowest BCUT2D eigenvalue weighted by molar-refractivity contribution is 0.607. The molecule has 0 aliphatic carbocycles. The third kappa shape index (κ3) is 4.83. The van der Waals surface area contributed by atoms with Gasteiger partial charge in [0.05, 0.1) is 0 Å². The zero-order chi connectivity index (χ0) is 15.2. The first-order chi connectivity index (χ1) is 10.1. The van der Waals surface area contributed by atoms with E-state index in [-0.39, 0.29) is 5.82 Å². The Balaban J connectivity index is 1.99. The number of halogens is 2. The molecule has 0 aliphatic heterocycles. The van der Waals surface area contributed by atoms with Gasteiger partial charge >= 0.3 is 0 Å². The average molecular weight is 368 g/mol. The number of hydrogen-bond donors (Lipinski definition) is 1. The molecule has 0 amide bonds. The zero-order valence-corrected chi connectivity index (χ0v) is 14.6. The molecule has 0 radical (unpaired) electrons. The van der Waals surface area contributed by atoms with E-state index in [0.29, 0.717) is 6.04 Å². The summed E-state index contributed by atoms with van der Waals surface area (Å²) in [7, 11) is 1.97. The van der Waals surface area contributed by atoms with Gasteiger partial charge in [-0.1, -0.05) is 40.2 Å². The number of rotatable bonds is 6. The van der Waals surface area contributed by atoms with Crippen LogP contribution >= 0.6 is 27.7 Å². The summed E-state index contributed by atoms with van der Waals surface area (Å²) in [5, 5.41) is 3.35. The molecular weight excluding hydrogens is 349 g/mol. The summed E-state index contributed by atoms with van der Waals surface area (Å²) < 4.78 is 14.0. The van der Waals surface area contributed by atoms with Crippen molar-refractivity contribution in [2.75, 3.05) is 12.8 Å². The highest BCUT2D eigenvalue weighted by Gasteiger charge is 2.11. The Morgan fingerprint density at radius 2 is 2.00 bits per heavy atom. The molecule has 0 bridgehead atoms. The molecule has 1 unspecified atom stereocenters. The summed E-state index contributed by atoms with van der Waals surface area (Å²) in [5.41, 5.74) is 2.43. The molecule has 21 heavy (non-hydrogen) atoms. The van der Waals surface area contributed by atoms with Crippen LogP contribution in [0, 0.1) is 12.7 Å². The lowest BCUT2D eigenvalue weighted by Gasteiger charge is -2.17. The molecule has 2 rings (SSSR count). The summed E-state index contributed by atoms with van der Waals surface area (Å²) in [4.78, 5) is 1.32. The maximum absolute atomic E-state index is 13.1. The number of aryl methyl sites for hydroxylation is 1. The van der Waals surface area contributed by atoms with Crippen molar-refractivity contribution in [1.29, 1.82) is 0 Å². The van der Waals surface area contributed by atoms with Gasteiger partial charge in [0.25, 0.3) is 0 Å². The number of nitrogens with one attached hydrogen (secondary N) is 1. The molecule has 1 N–H and O–H groups in total. The van der Waals surface area contributed by atoms with Crippen LogP contribution in [0.1, 0.15) is 11.1 Å². The van der Waals surface area contributed by atoms with Crippen molar-refractivity contribution in [2.24, 2.45) is 0 Å². The monoisotopic (exact) mass is 367 g/mol. The molecule has 0 spiro atoms. The summed E-state index contributed by atoms with van der Waals surface area (Å²) in [6.45, 7) is 2.13. The molecule has 0 aliphatic rings. The fraction of sp³-hybridized carbons (Fsp3) is 0.294. The third-order valence-corrected chi connectivity index (χ3v) is 5.50. The Morgan fingerprint density at radius 1 is 1.24 bits per heavy atom. The topological polar surface area (TPSA) is 12.0 Å². The number of thioether (sulfide) groups is 1. The van der Waals surface area contributed by atoms with E-state index in [1.807, 2.05) is 24.9 Å². The molecule has 2 aromatic rings. The first-order valence-electron chi connectivity index (χ1n) is 6.89. The second-order valence-corrected chi connectivity index (χ2v) is 6.92. The van der Waals surface area contributed by atoms with Crippen molar-refractivity contribution in [3.63, 3.8) is 0 Å². The Hall–Kier alpha value is -0.840. The number of likely N-dealkylation sites (N-methyl/N-ethyl adjacent to an activating group) is 1. The molecular formula is C17H19BrFNS. The Labute approximate surface area is 138 Å². The predicted octanol–water partition coefficient (Wildman–Crippen LogP) is 4.82. The molecule has 1 atom stereocenters. The molecule has 0 saturated heterocycles. The van der Waals surface area contributed by atoms with Crippen molar-refractivity contribution in [3.05, 3.63) is 63.9 Å². The third-order valence-electron chi connectivity index (χ3n) is 3.42. The van der Waals surface area contributed by atoms with Crippen molar-refractivity contribution in [2.45, 2.75) is 24.3 Å². The van der Waals surface area contributed by atoms with Gasteiger partial charge in [0.1, 0.15) is 5.82 Å². The number of hydrogen-bond acceptors (Lipinski definition) is 2. The van der Waals surface area contributed by atoms with Crippen LogP contribution in [0.15, 0.2) is 51.8 Å². The second kappa shape index (κ2) is 7.97. The van der Waals surface area contributed by atoms with Gasteiger partial charge in [-0.05, 0) is 49.7 Å². The number of benzene rings is 2.